The zero-order valence-electron chi connectivity index (χ0n) is 10.9. The Morgan fingerprint density at radius 1 is 1.35 bits per heavy atom. The second-order valence-electron chi connectivity index (χ2n) is 4.60. The van der Waals surface area contributed by atoms with E-state index in [9.17, 15) is 9.59 Å². The summed E-state index contributed by atoms with van der Waals surface area (Å²) in [4.78, 5) is 21.9. The molecule has 0 heterocycles. The monoisotopic (exact) mass is 262 g/mol. The summed E-state index contributed by atoms with van der Waals surface area (Å²) in [5, 5.41) is 14.1. The van der Waals surface area contributed by atoms with Gasteiger partial charge in [0.2, 0.25) is 0 Å². The predicted octanol–water partition coefficient (Wildman–Crippen LogP) is 1.54. The summed E-state index contributed by atoms with van der Waals surface area (Å²) in [6.07, 6.45) is 2.43. The lowest BCUT2D eigenvalue weighted by Crippen LogP contribution is -2.42. The molecule has 5 nitrogen and oxygen atoms in total. The highest BCUT2D eigenvalue weighted by atomic mass is 32.2. The van der Waals surface area contributed by atoms with Gasteiger partial charge < -0.3 is 15.7 Å². The molecule has 6 heteroatoms. The fourth-order valence-electron chi connectivity index (χ4n) is 0.953. The number of aliphatic carboxylic acids is 1. The summed E-state index contributed by atoms with van der Waals surface area (Å²) in [5.41, 5.74) is 0. The van der Waals surface area contributed by atoms with E-state index < -0.39 is 11.9 Å². The lowest BCUT2D eigenvalue weighted by atomic mass is 10.1. The van der Waals surface area contributed by atoms with E-state index in [1.54, 1.807) is 18.7 Å². The molecule has 0 saturated carbocycles. The molecule has 0 aliphatic rings. The lowest BCUT2D eigenvalue weighted by Gasteiger charge is -2.22. The van der Waals surface area contributed by atoms with Crippen LogP contribution in [0.4, 0.5) is 4.79 Å². The van der Waals surface area contributed by atoms with Crippen LogP contribution in [0.3, 0.4) is 0 Å². The van der Waals surface area contributed by atoms with Crippen molar-refractivity contribution in [3.8, 4) is 0 Å². The molecule has 0 bridgehead atoms. The van der Waals surface area contributed by atoms with Crippen molar-refractivity contribution in [2.75, 3.05) is 19.3 Å². The van der Waals surface area contributed by atoms with Crippen molar-refractivity contribution in [2.24, 2.45) is 5.92 Å². The smallest absolute Gasteiger partial charge is 0.314 e. The summed E-state index contributed by atoms with van der Waals surface area (Å²) in [6, 6.07) is -0.246. The minimum Gasteiger partial charge on any atom is -0.481 e. The van der Waals surface area contributed by atoms with Crippen molar-refractivity contribution in [1.29, 1.82) is 0 Å². The predicted molar refractivity (Wildman–Crippen MR) is 70.4 cm³/mol. The Kier molecular flexibility index (Phi) is 7.03. The standard InChI is InChI=1S/C11H22N2O3S/c1-8(9(14)15)5-6-12-10(16)13-7-11(2,3)17-4/h8H,5-7H2,1-4H3,(H,14,15)(H2,12,13,16). The average molecular weight is 262 g/mol. The number of carbonyl (C=O) groups is 2. The van der Waals surface area contributed by atoms with E-state index in [0.29, 0.717) is 19.5 Å². The third-order valence-electron chi connectivity index (χ3n) is 2.51. The number of carboxylic acids is 1. The third kappa shape index (κ3) is 7.90. The van der Waals surface area contributed by atoms with Gasteiger partial charge in [0, 0.05) is 17.8 Å². The van der Waals surface area contributed by atoms with Crippen LogP contribution >= 0.6 is 11.8 Å². The molecule has 0 aliphatic heterocycles. The van der Waals surface area contributed by atoms with Crippen LogP contribution in [0, 0.1) is 5.92 Å². The minimum absolute atomic E-state index is 0.00565. The normalized spacial score (nSPS) is 12.9. The molecule has 0 fully saturated rings. The van der Waals surface area contributed by atoms with E-state index in [4.69, 9.17) is 5.11 Å². The molecule has 0 aromatic rings. The van der Waals surface area contributed by atoms with E-state index in [1.807, 2.05) is 20.1 Å². The molecule has 3 N–H and O–H groups in total. The topological polar surface area (TPSA) is 78.4 Å². The van der Waals surface area contributed by atoms with Gasteiger partial charge in [0.1, 0.15) is 0 Å². The minimum atomic E-state index is -0.837. The summed E-state index contributed by atoms with van der Waals surface area (Å²) in [5.74, 6) is -1.27. The molecule has 17 heavy (non-hydrogen) atoms. The van der Waals surface area contributed by atoms with Gasteiger partial charge in [-0.2, -0.15) is 11.8 Å². The number of rotatable bonds is 7. The molecule has 0 aromatic heterocycles. The zero-order chi connectivity index (χ0) is 13.5. The first-order valence-corrected chi connectivity index (χ1v) is 6.80. The van der Waals surface area contributed by atoms with Crippen LogP contribution in [-0.2, 0) is 4.79 Å². The van der Waals surface area contributed by atoms with Gasteiger partial charge in [0.15, 0.2) is 0 Å². The molecule has 0 aromatic carbocycles. The van der Waals surface area contributed by atoms with E-state index in [-0.39, 0.29) is 10.8 Å². The highest BCUT2D eigenvalue weighted by Gasteiger charge is 2.17. The number of hydrogen-bond donors (Lipinski definition) is 3. The maximum atomic E-state index is 11.4. The zero-order valence-corrected chi connectivity index (χ0v) is 11.7. The summed E-state index contributed by atoms with van der Waals surface area (Å²) >= 11 is 1.68. The van der Waals surface area contributed by atoms with Crippen molar-refractivity contribution >= 4 is 23.8 Å². The number of urea groups is 1. The third-order valence-corrected chi connectivity index (χ3v) is 3.76. The first-order chi connectivity index (χ1) is 7.78. The second kappa shape index (κ2) is 7.42. The van der Waals surface area contributed by atoms with Crippen LogP contribution in [0.2, 0.25) is 0 Å². The molecule has 0 rings (SSSR count). The lowest BCUT2D eigenvalue weighted by molar-refractivity contribution is -0.141. The van der Waals surface area contributed by atoms with Gasteiger partial charge >= 0.3 is 12.0 Å². The van der Waals surface area contributed by atoms with E-state index in [0.717, 1.165) is 0 Å². The maximum Gasteiger partial charge on any atom is 0.314 e. The van der Waals surface area contributed by atoms with Gasteiger partial charge in [0.05, 0.1) is 5.92 Å². The quantitative estimate of drug-likeness (QED) is 0.650. The first kappa shape index (κ1) is 16.1. The van der Waals surface area contributed by atoms with Crippen molar-refractivity contribution in [1.82, 2.24) is 10.6 Å². The van der Waals surface area contributed by atoms with Crippen LogP contribution in [0.1, 0.15) is 27.2 Å². The highest BCUT2D eigenvalue weighted by molar-refractivity contribution is 7.99. The number of nitrogens with one attached hydrogen (secondary N) is 2. The molecule has 2 amide bonds. The second-order valence-corrected chi connectivity index (χ2v) is 6.11. The number of thioether (sulfide) groups is 1. The fraction of sp³-hybridized carbons (Fsp3) is 0.818. The molecule has 0 aliphatic carbocycles. The van der Waals surface area contributed by atoms with Crippen molar-refractivity contribution in [2.45, 2.75) is 31.9 Å². The Balaban J connectivity index is 3.71. The van der Waals surface area contributed by atoms with Crippen molar-refractivity contribution in [3.05, 3.63) is 0 Å². The molecular weight excluding hydrogens is 240 g/mol. The molecule has 0 radical (unpaired) electrons. The van der Waals surface area contributed by atoms with E-state index in [2.05, 4.69) is 10.6 Å². The average Bonchev–Trinajstić information content (AvgIpc) is 2.26. The first-order valence-electron chi connectivity index (χ1n) is 5.58. The van der Waals surface area contributed by atoms with Gasteiger partial charge in [0.25, 0.3) is 0 Å². The molecule has 100 valence electrons. The number of carboxylic acid groups (broad SMARTS) is 1. The number of hydrogen-bond acceptors (Lipinski definition) is 3. The molecule has 1 atom stereocenters. The fourth-order valence-corrected chi connectivity index (χ4v) is 1.17. The molecular formula is C11H22N2O3S. The van der Waals surface area contributed by atoms with Gasteiger partial charge in [-0.15, -0.1) is 0 Å². The van der Waals surface area contributed by atoms with E-state index in [1.165, 1.54) is 0 Å². The largest absolute Gasteiger partial charge is 0.481 e. The van der Waals surface area contributed by atoms with Crippen LogP contribution in [0.15, 0.2) is 0 Å². The summed E-state index contributed by atoms with van der Waals surface area (Å²) in [6.45, 7) is 6.67. The SMILES string of the molecule is CSC(C)(C)CNC(=O)NCCC(C)C(=O)O. The molecule has 0 spiro atoms. The number of amides is 2. The Hall–Kier alpha value is -0.910. The van der Waals surface area contributed by atoms with Crippen LogP contribution in [-0.4, -0.2) is 41.2 Å². The highest BCUT2D eigenvalue weighted by Crippen LogP contribution is 2.19. The number of carbonyl (C=O) groups excluding carboxylic acids is 1. The summed E-state index contributed by atoms with van der Waals surface area (Å²) in [7, 11) is 0. The van der Waals surface area contributed by atoms with Gasteiger partial charge in [-0.05, 0) is 26.5 Å². The maximum absolute atomic E-state index is 11.4. The Morgan fingerprint density at radius 2 is 1.94 bits per heavy atom. The Labute approximate surface area is 107 Å². The van der Waals surface area contributed by atoms with Crippen molar-refractivity contribution < 1.29 is 14.7 Å². The van der Waals surface area contributed by atoms with Gasteiger partial charge in [-0.3, -0.25) is 4.79 Å². The molecule has 1 unspecified atom stereocenters. The van der Waals surface area contributed by atoms with Gasteiger partial charge in [-0.25, -0.2) is 4.79 Å². The van der Waals surface area contributed by atoms with Crippen LogP contribution in [0.5, 0.6) is 0 Å². The Morgan fingerprint density at radius 3 is 2.41 bits per heavy atom. The van der Waals surface area contributed by atoms with Crippen LogP contribution < -0.4 is 10.6 Å². The van der Waals surface area contributed by atoms with E-state index >= 15 is 0 Å². The van der Waals surface area contributed by atoms with Crippen molar-refractivity contribution in [3.63, 3.8) is 0 Å². The Bertz CT molecular complexity index is 269. The summed E-state index contributed by atoms with van der Waals surface area (Å²) < 4.78 is 0.00565. The molecule has 0 saturated heterocycles. The van der Waals surface area contributed by atoms with Gasteiger partial charge in [-0.1, -0.05) is 6.92 Å². The van der Waals surface area contributed by atoms with Crippen LogP contribution in [0.25, 0.3) is 0 Å².